The van der Waals surface area contributed by atoms with Gasteiger partial charge in [-0.15, -0.1) is 0 Å². The number of rotatable bonds is 30. The molecule has 0 radical (unpaired) electrons. The maximum absolute atomic E-state index is 13.1. The van der Waals surface area contributed by atoms with Gasteiger partial charge in [0.05, 0.1) is 0 Å². The molecule has 15 nitrogen and oxygen atoms in total. The summed E-state index contributed by atoms with van der Waals surface area (Å²) in [7, 11) is 1.68. The molecule has 0 aliphatic carbocycles. The van der Waals surface area contributed by atoms with E-state index in [1.807, 2.05) is 0 Å². The molecular weight excluding hydrogens is 674 g/mol. The van der Waals surface area contributed by atoms with Gasteiger partial charge in [0.15, 0.2) is 0 Å². The summed E-state index contributed by atoms with van der Waals surface area (Å²) < 4.78 is 0. The van der Waals surface area contributed by atoms with Crippen molar-refractivity contribution in [2.45, 2.75) is 168 Å². The molecule has 0 aromatic carbocycles. The lowest BCUT2D eigenvalue weighted by Gasteiger charge is -2.23. The zero-order chi connectivity index (χ0) is 39.8. The van der Waals surface area contributed by atoms with Crippen LogP contribution < -0.4 is 26.6 Å². The van der Waals surface area contributed by atoms with Gasteiger partial charge in [0, 0.05) is 94.4 Å². The number of nitrogens with one attached hydrogen (secondary N) is 5. The Kier molecular flexibility index (Phi) is 24.5. The SMILES string of the molecule is CNC(CCC(C)=O)CC(=O)NC(CCC(C)=O)CC(=O)NC(CCC(=O)NC(CCC(C)=O)CC(=O)NC(CCC(C)=O)CC(C)=O)CC(C)=O. The van der Waals surface area contributed by atoms with Crippen molar-refractivity contribution in [3.05, 3.63) is 0 Å². The molecule has 5 unspecified atom stereocenters. The smallest absolute Gasteiger partial charge is 0.222 e. The van der Waals surface area contributed by atoms with Crippen molar-refractivity contribution < 1.29 is 47.9 Å². The third kappa shape index (κ3) is 26.6. The van der Waals surface area contributed by atoms with Crippen molar-refractivity contribution in [1.82, 2.24) is 26.6 Å². The highest BCUT2D eigenvalue weighted by atomic mass is 16.2. The Hall–Kier alpha value is -4.14. The van der Waals surface area contributed by atoms with E-state index < -0.39 is 41.9 Å². The lowest BCUT2D eigenvalue weighted by atomic mass is 10.0. The van der Waals surface area contributed by atoms with Crippen LogP contribution in [0.1, 0.15) is 138 Å². The molecule has 0 rings (SSSR count). The first kappa shape index (κ1) is 47.9. The Morgan fingerprint density at radius 1 is 0.327 bits per heavy atom. The van der Waals surface area contributed by atoms with Crippen LogP contribution in [0.3, 0.4) is 0 Å². The molecule has 0 fully saturated rings. The maximum atomic E-state index is 13.1. The Bertz CT molecular complexity index is 1270. The van der Waals surface area contributed by atoms with E-state index in [1.54, 1.807) is 7.05 Å². The second-order valence-electron chi connectivity index (χ2n) is 14.0. The van der Waals surface area contributed by atoms with Crippen LogP contribution in [0.15, 0.2) is 0 Å². The van der Waals surface area contributed by atoms with Crippen molar-refractivity contribution in [1.29, 1.82) is 0 Å². The fraction of sp³-hybridized carbons (Fsp3) is 0.730. The molecule has 0 aliphatic rings. The molecule has 294 valence electrons. The highest BCUT2D eigenvalue weighted by molar-refractivity contribution is 5.84. The first-order valence-corrected chi connectivity index (χ1v) is 18.1. The molecule has 0 spiro atoms. The van der Waals surface area contributed by atoms with Crippen LogP contribution in [0.5, 0.6) is 0 Å². The van der Waals surface area contributed by atoms with Crippen molar-refractivity contribution in [3.63, 3.8) is 0 Å². The molecule has 0 heterocycles. The first-order valence-electron chi connectivity index (χ1n) is 18.1. The predicted octanol–water partition coefficient (Wildman–Crippen LogP) is 1.90. The lowest BCUT2D eigenvalue weighted by Crippen LogP contribution is -2.45. The molecule has 0 saturated heterocycles. The van der Waals surface area contributed by atoms with Crippen LogP contribution in [0, 0.1) is 0 Å². The second kappa shape index (κ2) is 26.6. The van der Waals surface area contributed by atoms with Crippen LogP contribution >= 0.6 is 0 Å². The predicted molar refractivity (Wildman–Crippen MR) is 194 cm³/mol. The third-order valence-electron chi connectivity index (χ3n) is 8.33. The summed E-state index contributed by atoms with van der Waals surface area (Å²) >= 11 is 0. The first-order chi connectivity index (χ1) is 24.3. The molecule has 0 aliphatic heterocycles. The average molecular weight is 736 g/mol. The van der Waals surface area contributed by atoms with E-state index in [0.717, 1.165) is 0 Å². The monoisotopic (exact) mass is 735 g/mol. The average Bonchev–Trinajstić information content (AvgIpc) is 3.01. The van der Waals surface area contributed by atoms with E-state index in [0.29, 0.717) is 12.8 Å². The van der Waals surface area contributed by atoms with Crippen molar-refractivity contribution in [2.24, 2.45) is 0 Å². The van der Waals surface area contributed by atoms with Crippen LogP contribution in [0.2, 0.25) is 0 Å². The van der Waals surface area contributed by atoms with Gasteiger partial charge < -0.3 is 45.8 Å². The fourth-order valence-corrected chi connectivity index (χ4v) is 5.59. The van der Waals surface area contributed by atoms with Crippen molar-refractivity contribution in [3.8, 4) is 0 Å². The van der Waals surface area contributed by atoms with E-state index in [2.05, 4.69) is 26.6 Å². The number of carbonyl (C=O) groups excluding carboxylic acids is 10. The molecule has 5 atom stereocenters. The van der Waals surface area contributed by atoms with Gasteiger partial charge in [0.2, 0.25) is 23.6 Å². The van der Waals surface area contributed by atoms with E-state index in [4.69, 9.17) is 0 Å². The van der Waals surface area contributed by atoms with E-state index in [9.17, 15) is 47.9 Å². The lowest BCUT2D eigenvalue weighted by molar-refractivity contribution is -0.127. The van der Waals surface area contributed by atoms with Crippen LogP contribution in [0.25, 0.3) is 0 Å². The van der Waals surface area contributed by atoms with Crippen LogP contribution in [-0.4, -0.2) is 95.6 Å². The summed E-state index contributed by atoms with van der Waals surface area (Å²) in [6.07, 6.45) is 1.59. The Morgan fingerprint density at radius 3 is 0.865 bits per heavy atom. The van der Waals surface area contributed by atoms with Crippen molar-refractivity contribution in [2.75, 3.05) is 7.05 Å². The largest absolute Gasteiger partial charge is 0.353 e. The summed E-state index contributed by atoms with van der Waals surface area (Å²) in [6, 6.07) is -2.90. The van der Waals surface area contributed by atoms with Crippen LogP contribution in [0.4, 0.5) is 0 Å². The quantitative estimate of drug-likeness (QED) is 0.0715. The molecule has 5 N–H and O–H groups in total. The second-order valence-corrected chi connectivity index (χ2v) is 14.0. The number of ketones is 6. The zero-order valence-corrected chi connectivity index (χ0v) is 32.1. The normalized spacial score (nSPS) is 13.8. The van der Waals surface area contributed by atoms with E-state index in [1.165, 1.54) is 41.5 Å². The minimum absolute atomic E-state index is 0.00301. The summed E-state index contributed by atoms with van der Waals surface area (Å²) in [5.74, 6) is -2.44. The Labute approximate surface area is 307 Å². The molecule has 0 bridgehead atoms. The van der Waals surface area contributed by atoms with Crippen molar-refractivity contribution >= 4 is 58.3 Å². The van der Waals surface area contributed by atoms with Gasteiger partial charge in [-0.2, -0.15) is 0 Å². The van der Waals surface area contributed by atoms with Crippen LogP contribution in [-0.2, 0) is 47.9 Å². The topological polar surface area (TPSA) is 231 Å². The molecule has 0 saturated carbocycles. The van der Waals surface area contributed by atoms with Gasteiger partial charge in [0.1, 0.15) is 34.7 Å². The van der Waals surface area contributed by atoms with E-state index in [-0.39, 0.29) is 130 Å². The summed E-state index contributed by atoms with van der Waals surface area (Å²) in [5, 5.41) is 14.1. The molecule has 15 heteroatoms. The molecule has 52 heavy (non-hydrogen) atoms. The number of hydrogen-bond donors (Lipinski definition) is 5. The summed E-state index contributed by atoms with van der Waals surface area (Å²) in [5.41, 5.74) is 0. The minimum Gasteiger partial charge on any atom is -0.353 e. The molecular formula is C37H61N5O10. The summed E-state index contributed by atoms with van der Waals surface area (Å²) in [4.78, 5) is 122. The number of hydrogen-bond acceptors (Lipinski definition) is 11. The maximum Gasteiger partial charge on any atom is 0.222 e. The number of carbonyl (C=O) groups is 10. The van der Waals surface area contributed by atoms with Gasteiger partial charge in [-0.3, -0.25) is 28.8 Å². The van der Waals surface area contributed by atoms with E-state index >= 15 is 0 Å². The van der Waals surface area contributed by atoms with Gasteiger partial charge >= 0.3 is 0 Å². The number of Topliss-reactive ketones (excluding diaryl/α,β-unsaturated/α-hetero) is 6. The zero-order valence-electron chi connectivity index (χ0n) is 32.1. The Morgan fingerprint density at radius 2 is 0.577 bits per heavy atom. The highest BCUT2D eigenvalue weighted by Gasteiger charge is 2.24. The minimum atomic E-state index is -0.715. The third-order valence-corrected chi connectivity index (χ3v) is 8.33. The molecule has 0 aromatic rings. The van der Waals surface area contributed by atoms with Gasteiger partial charge in [-0.25, -0.2) is 0 Å². The number of amides is 4. The molecule has 4 amide bonds. The van der Waals surface area contributed by atoms with Gasteiger partial charge in [-0.05, 0) is 80.7 Å². The highest BCUT2D eigenvalue weighted by Crippen LogP contribution is 2.12. The standard InChI is InChI=1S/C37H61N5O10/c1-23(43)8-12-29(38-7)20-35(50)42-33(15-11-26(4)46)22-37(52)41-31(19-28(6)48)16-17-34(49)39-32(14-10-25(3)45)21-36(51)40-30(18-27(5)47)13-9-24(2)44/h29-33,38H,8-22H2,1-7H3,(H,39,49)(H,40,51)(H,41,52)(H,42,50). The molecule has 0 aromatic heterocycles. The fourth-order valence-electron chi connectivity index (χ4n) is 5.59. The Balaban J connectivity index is 5.50. The van der Waals surface area contributed by atoms with Gasteiger partial charge in [0.25, 0.3) is 0 Å². The van der Waals surface area contributed by atoms with Gasteiger partial charge in [-0.1, -0.05) is 0 Å². The summed E-state index contributed by atoms with van der Waals surface area (Å²) in [6.45, 7) is 8.43.